The number of aromatic nitrogens is 1. The van der Waals surface area contributed by atoms with Crippen molar-refractivity contribution < 1.29 is 9.53 Å². The van der Waals surface area contributed by atoms with Crippen LogP contribution in [0.5, 0.6) is 0 Å². The lowest BCUT2D eigenvalue weighted by Crippen LogP contribution is -2.51. The Bertz CT molecular complexity index is 923. The van der Waals surface area contributed by atoms with Gasteiger partial charge in [0, 0.05) is 37.3 Å². The van der Waals surface area contributed by atoms with Gasteiger partial charge in [0.15, 0.2) is 0 Å². The summed E-state index contributed by atoms with van der Waals surface area (Å²) in [5.74, 6) is -0.0540. The molecule has 0 aliphatic carbocycles. The number of nitrogens with zero attached hydrogens (tertiary/aromatic N) is 3. The number of hydrogen-bond donors (Lipinski definition) is 0. The van der Waals surface area contributed by atoms with Crippen molar-refractivity contribution in [1.82, 2.24) is 9.99 Å². The minimum atomic E-state index is -0.0540. The number of carbonyl (C=O) groups is 1. The van der Waals surface area contributed by atoms with Crippen molar-refractivity contribution in [1.29, 1.82) is 0 Å². The molecule has 2 aromatic carbocycles. The molecule has 0 atom stereocenters. The van der Waals surface area contributed by atoms with Crippen molar-refractivity contribution in [3.63, 3.8) is 0 Å². The summed E-state index contributed by atoms with van der Waals surface area (Å²) in [6.45, 7) is 1.44. The second kappa shape index (κ2) is 7.86. The Morgan fingerprint density at radius 3 is 2.52 bits per heavy atom. The van der Waals surface area contributed by atoms with Gasteiger partial charge in [0.2, 0.25) is 0 Å². The van der Waals surface area contributed by atoms with Crippen molar-refractivity contribution >= 4 is 22.5 Å². The first-order chi connectivity index (χ1) is 13.2. The maximum absolute atomic E-state index is 13.4. The molecule has 27 heavy (non-hydrogen) atoms. The van der Waals surface area contributed by atoms with Gasteiger partial charge in [-0.2, -0.15) is 0 Å². The highest BCUT2D eigenvalue weighted by Crippen LogP contribution is 2.26. The van der Waals surface area contributed by atoms with Crippen LogP contribution < -0.4 is 5.01 Å². The number of anilines is 1. The van der Waals surface area contributed by atoms with Gasteiger partial charge in [-0.3, -0.25) is 9.78 Å². The quantitative estimate of drug-likeness (QED) is 0.661. The van der Waals surface area contributed by atoms with Crippen LogP contribution in [0.2, 0.25) is 0 Å². The fourth-order valence-corrected chi connectivity index (χ4v) is 3.54. The molecular formula is C22H23N3O2. The summed E-state index contributed by atoms with van der Waals surface area (Å²) in [6.07, 6.45) is 3.57. The molecule has 4 rings (SSSR count). The van der Waals surface area contributed by atoms with Crippen molar-refractivity contribution in [3.8, 4) is 0 Å². The molecule has 0 bridgehead atoms. The maximum atomic E-state index is 13.4. The normalized spacial score (nSPS) is 15.2. The fourth-order valence-electron chi connectivity index (χ4n) is 3.54. The lowest BCUT2D eigenvalue weighted by Gasteiger charge is -2.39. The number of carbonyl (C=O) groups excluding carboxylic acids is 1. The highest BCUT2D eigenvalue weighted by molar-refractivity contribution is 6.06. The monoisotopic (exact) mass is 361 g/mol. The highest BCUT2D eigenvalue weighted by Gasteiger charge is 2.29. The molecule has 1 aliphatic rings. The summed E-state index contributed by atoms with van der Waals surface area (Å²) in [5.41, 5.74) is 2.35. The Morgan fingerprint density at radius 1 is 1.04 bits per heavy atom. The summed E-state index contributed by atoms with van der Waals surface area (Å²) < 4.78 is 5.50. The Balaban J connectivity index is 1.75. The minimum absolute atomic E-state index is 0.0540. The van der Waals surface area contributed by atoms with Crippen LogP contribution in [-0.2, 0) is 4.74 Å². The van der Waals surface area contributed by atoms with Crippen LogP contribution in [-0.4, -0.2) is 42.2 Å². The second-order valence-electron chi connectivity index (χ2n) is 6.79. The van der Waals surface area contributed by atoms with E-state index in [-0.39, 0.29) is 11.9 Å². The molecule has 3 aromatic rings. The minimum Gasteiger partial charge on any atom is -0.381 e. The van der Waals surface area contributed by atoms with Gasteiger partial charge >= 0.3 is 0 Å². The number of para-hydroxylation sites is 1. The summed E-state index contributed by atoms with van der Waals surface area (Å²) >= 11 is 0. The number of fused-ring (bicyclic) bond motifs is 1. The third-order valence-corrected chi connectivity index (χ3v) is 5.07. The summed E-state index contributed by atoms with van der Waals surface area (Å²) in [6, 6.07) is 19.6. The second-order valence-corrected chi connectivity index (χ2v) is 6.79. The molecule has 0 N–H and O–H groups in total. The van der Waals surface area contributed by atoms with E-state index in [9.17, 15) is 4.79 Å². The Morgan fingerprint density at radius 2 is 1.74 bits per heavy atom. The molecule has 1 fully saturated rings. The van der Waals surface area contributed by atoms with Gasteiger partial charge < -0.3 is 4.74 Å². The molecule has 1 aromatic heterocycles. The van der Waals surface area contributed by atoms with Crippen LogP contribution in [0, 0.1) is 0 Å². The summed E-state index contributed by atoms with van der Waals surface area (Å²) in [4.78, 5) is 18.0. The van der Waals surface area contributed by atoms with Gasteiger partial charge in [0.05, 0.1) is 17.4 Å². The summed E-state index contributed by atoms with van der Waals surface area (Å²) in [7, 11) is 1.98. The molecule has 0 saturated carbocycles. The average molecular weight is 361 g/mol. The first-order valence-electron chi connectivity index (χ1n) is 9.29. The number of pyridine rings is 1. The number of rotatable bonds is 4. The Kier molecular flexibility index (Phi) is 5.14. The van der Waals surface area contributed by atoms with Crippen molar-refractivity contribution in [2.75, 3.05) is 25.3 Å². The van der Waals surface area contributed by atoms with E-state index in [4.69, 9.17) is 4.74 Å². The van der Waals surface area contributed by atoms with E-state index in [2.05, 4.69) is 4.98 Å². The third kappa shape index (κ3) is 3.70. The van der Waals surface area contributed by atoms with Crippen LogP contribution in [0.4, 0.5) is 5.69 Å². The van der Waals surface area contributed by atoms with Gasteiger partial charge in [-0.05, 0) is 37.1 Å². The molecule has 138 valence electrons. The van der Waals surface area contributed by atoms with Crippen molar-refractivity contribution in [3.05, 3.63) is 72.4 Å². The molecule has 2 heterocycles. The lowest BCUT2D eigenvalue weighted by atomic mass is 10.1. The Labute approximate surface area is 159 Å². The van der Waals surface area contributed by atoms with Crippen molar-refractivity contribution in [2.24, 2.45) is 0 Å². The molecule has 5 nitrogen and oxygen atoms in total. The van der Waals surface area contributed by atoms with Gasteiger partial charge in [-0.15, -0.1) is 0 Å². The zero-order chi connectivity index (χ0) is 18.6. The van der Waals surface area contributed by atoms with Gasteiger partial charge in [-0.1, -0.05) is 36.4 Å². The van der Waals surface area contributed by atoms with E-state index in [0.717, 1.165) is 42.6 Å². The summed E-state index contributed by atoms with van der Waals surface area (Å²) in [5, 5.41) is 4.82. The topological polar surface area (TPSA) is 45.7 Å². The van der Waals surface area contributed by atoms with Crippen LogP contribution in [0.1, 0.15) is 23.2 Å². The molecule has 0 radical (unpaired) electrons. The van der Waals surface area contributed by atoms with E-state index in [1.807, 2.05) is 72.7 Å². The molecule has 1 aliphatic heterocycles. The van der Waals surface area contributed by atoms with E-state index in [1.165, 1.54) is 0 Å². The molecule has 1 amide bonds. The predicted molar refractivity (Wildman–Crippen MR) is 107 cm³/mol. The Hall–Kier alpha value is -2.76. The van der Waals surface area contributed by atoms with Crippen LogP contribution >= 0.6 is 0 Å². The van der Waals surface area contributed by atoms with Crippen LogP contribution in [0.25, 0.3) is 10.9 Å². The number of ether oxygens (including phenoxy) is 1. The zero-order valence-corrected chi connectivity index (χ0v) is 15.4. The molecule has 1 saturated heterocycles. The lowest BCUT2D eigenvalue weighted by molar-refractivity contribution is 0.0369. The molecule has 5 heteroatoms. The van der Waals surface area contributed by atoms with Gasteiger partial charge in [-0.25, -0.2) is 10.0 Å². The van der Waals surface area contributed by atoms with Gasteiger partial charge in [0.25, 0.3) is 5.91 Å². The predicted octanol–water partition coefficient (Wildman–Crippen LogP) is 3.91. The van der Waals surface area contributed by atoms with Crippen molar-refractivity contribution in [2.45, 2.75) is 18.9 Å². The number of hydrogen-bond acceptors (Lipinski definition) is 4. The third-order valence-electron chi connectivity index (χ3n) is 5.07. The number of hydrazine groups is 1. The SMILES string of the molecule is CN(C1CCOCC1)N(C(=O)c1ccccc1)c1cnc2ccccc2c1. The van der Waals surface area contributed by atoms with Gasteiger partial charge in [0.1, 0.15) is 0 Å². The van der Waals surface area contributed by atoms with E-state index in [1.54, 1.807) is 11.2 Å². The maximum Gasteiger partial charge on any atom is 0.272 e. The molecule has 0 spiro atoms. The van der Waals surface area contributed by atoms with Crippen LogP contribution in [0.15, 0.2) is 66.9 Å². The van der Waals surface area contributed by atoms with Crippen LogP contribution in [0.3, 0.4) is 0 Å². The number of amides is 1. The average Bonchev–Trinajstić information content (AvgIpc) is 2.75. The van der Waals surface area contributed by atoms with E-state index >= 15 is 0 Å². The molecular weight excluding hydrogens is 338 g/mol. The standard InChI is InChI=1S/C22H23N3O2/c1-24(19-11-13-27-14-12-19)25(22(26)17-7-3-2-4-8-17)20-15-18-9-5-6-10-21(18)23-16-20/h2-10,15-16,19H,11-14H2,1H3. The first-order valence-corrected chi connectivity index (χ1v) is 9.29. The smallest absolute Gasteiger partial charge is 0.272 e. The fraction of sp³-hybridized carbons (Fsp3) is 0.273. The highest BCUT2D eigenvalue weighted by atomic mass is 16.5. The largest absolute Gasteiger partial charge is 0.381 e. The first kappa shape index (κ1) is 17.6. The molecule has 0 unspecified atom stereocenters. The van der Waals surface area contributed by atoms with E-state index < -0.39 is 0 Å². The van der Waals surface area contributed by atoms with E-state index in [0.29, 0.717) is 5.56 Å². The number of benzene rings is 2. The zero-order valence-electron chi connectivity index (χ0n) is 15.4.